The Labute approximate surface area is 166 Å². The number of anilines is 1. The summed E-state index contributed by atoms with van der Waals surface area (Å²) in [6.07, 6.45) is 9.59. The zero-order valence-electron chi connectivity index (χ0n) is 18.1. The van der Waals surface area contributed by atoms with Crippen LogP contribution in [0.25, 0.3) is 10.9 Å². The van der Waals surface area contributed by atoms with Crippen LogP contribution in [0.1, 0.15) is 77.3 Å². The fourth-order valence-corrected chi connectivity index (χ4v) is 3.38. The Bertz CT molecular complexity index is 715. The number of pyridine rings is 1. The third-order valence-electron chi connectivity index (χ3n) is 5.65. The minimum absolute atomic E-state index is 0.263. The summed E-state index contributed by atoms with van der Waals surface area (Å²) in [5, 5.41) is 1.21. The van der Waals surface area contributed by atoms with Crippen molar-refractivity contribution in [3.63, 3.8) is 0 Å². The third-order valence-corrected chi connectivity index (χ3v) is 5.65. The summed E-state index contributed by atoms with van der Waals surface area (Å²) in [5.74, 6) is 0.709. The summed E-state index contributed by atoms with van der Waals surface area (Å²) < 4.78 is 0. The Morgan fingerprint density at radius 3 is 2.41 bits per heavy atom. The second-order valence-corrected chi connectivity index (χ2v) is 8.92. The minimum atomic E-state index is 0.263. The van der Waals surface area contributed by atoms with Crippen LogP contribution >= 0.6 is 0 Å². The molecule has 150 valence electrons. The molecule has 0 saturated carbocycles. The summed E-state index contributed by atoms with van der Waals surface area (Å²) in [4.78, 5) is 7.12. The van der Waals surface area contributed by atoms with Gasteiger partial charge in [0, 0.05) is 10.9 Å². The zero-order valence-corrected chi connectivity index (χ0v) is 18.1. The van der Waals surface area contributed by atoms with Gasteiger partial charge in [-0.05, 0) is 89.7 Å². The van der Waals surface area contributed by atoms with E-state index in [0.717, 1.165) is 18.4 Å². The predicted molar refractivity (Wildman–Crippen MR) is 119 cm³/mol. The maximum Gasteiger partial charge on any atom is 0.127 e. The Kier molecular flexibility index (Phi) is 8.09. The van der Waals surface area contributed by atoms with Crippen molar-refractivity contribution in [1.82, 2.24) is 9.88 Å². The fourth-order valence-electron chi connectivity index (χ4n) is 3.38. The van der Waals surface area contributed by atoms with Gasteiger partial charge in [-0.1, -0.05) is 38.3 Å². The van der Waals surface area contributed by atoms with E-state index in [-0.39, 0.29) is 5.54 Å². The van der Waals surface area contributed by atoms with Crippen LogP contribution in [0.3, 0.4) is 0 Å². The highest BCUT2D eigenvalue weighted by molar-refractivity contribution is 5.82. The van der Waals surface area contributed by atoms with Crippen LogP contribution in [0.2, 0.25) is 0 Å². The molecule has 0 aliphatic carbocycles. The van der Waals surface area contributed by atoms with Gasteiger partial charge < -0.3 is 10.6 Å². The van der Waals surface area contributed by atoms with Gasteiger partial charge in [-0.25, -0.2) is 4.98 Å². The number of hydrogen-bond acceptors (Lipinski definition) is 3. The lowest BCUT2D eigenvalue weighted by molar-refractivity contribution is 0.172. The van der Waals surface area contributed by atoms with Crippen molar-refractivity contribution in [2.45, 2.75) is 84.6 Å². The van der Waals surface area contributed by atoms with Gasteiger partial charge >= 0.3 is 0 Å². The Morgan fingerprint density at radius 1 is 0.963 bits per heavy atom. The van der Waals surface area contributed by atoms with E-state index in [2.05, 4.69) is 68.9 Å². The van der Waals surface area contributed by atoms with Crippen molar-refractivity contribution in [3.8, 4) is 0 Å². The van der Waals surface area contributed by atoms with Gasteiger partial charge in [0.2, 0.25) is 0 Å². The summed E-state index contributed by atoms with van der Waals surface area (Å²) in [6.45, 7) is 10.2. The smallest absolute Gasteiger partial charge is 0.127 e. The van der Waals surface area contributed by atoms with Crippen LogP contribution in [-0.4, -0.2) is 29.0 Å². The Morgan fingerprint density at radius 2 is 1.70 bits per heavy atom. The van der Waals surface area contributed by atoms with Crippen LogP contribution in [0.4, 0.5) is 5.82 Å². The molecule has 2 rings (SSSR count). The number of aryl methyl sites for hydroxylation is 2. The molecule has 3 nitrogen and oxygen atoms in total. The molecule has 1 heterocycles. The lowest BCUT2D eigenvalue weighted by atomic mass is 10.0. The largest absolute Gasteiger partial charge is 0.383 e. The van der Waals surface area contributed by atoms with Crippen LogP contribution in [-0.2, 0) is 12.8 Å². The van der Waals surface area contributed by atoms with E-state index in [1.54, 1.807) is 0 Å². The zero-order chi connectivity index (χ0) is 19.9. The number of unbranched alkanes of at least 4 members (excludes halogenated alkanes) is 4. The third kappa shape index (κ3) is 6.80. The minimum Gasteiger partial charge on any atom is -0.383 e. The van der Waals surface area contributed by atoms with E-state index in [9.17, 15) is 0 Å². The second kappa shape index (κ2) is 10.1. The summed E-state index contributed by atoms with van der Waals surface area (Å²) in [5.41, 5.74) is 10.1. The second-order valence-electron chi connectivity index (χ2n) is 8.92. The van der Waals surface area contributed by atoms with Crippen molar-refractivity contribution in [1.29, 1.82) is 0 Å². The molecule has 0 fully saturated rings. The Balaban J connectivity index is 1.88. The highest BCUT2D eigenvalue weighted by atomic mass is 15.1. The maximum atomic E-state index is 6.21. The van der Waals surface area contributed by atoms with E-state index >= 15 is 0 Å². The topological polar surface area (TPSA) is 42.2 Å². The average molecular weight is 370 g/mol. The lowest BCUT2D eigenvalue weighted by Gasteiger charge is -2.31. The molecule has 27 heavy (non-hydrogen) atoms. The molecule has 1 aromatic carbocycles. The first-order valence-corrected chi connectivity index (χ1v) is 10.7. The molecular formula is C24H39N3. The molecule has 0 atom stereocenters. The van der Waals surface area contributed by atoms with Crippen LogP contribution < -0.4 is 5.73 Å². The first-order chi connectivity index (χ1) is 12.8. The summed E-state index contributed by atoms with van der Waals surface area (Å²) >= 11 is 0. The number of rotatable bonds is 10. The number of nitrogen functional groups attached to an aromatic ring is 1. The summed E-state index contributed by atoms with van der Waals surface area (Å²) in [6, 6.07) is 8.94. The van der Waals surface area contributed by atoms with Crippen molar-refractivity contribution in [3.05, 3.63) is 35.4 Å². The molecule has 3 heteroatoms. The van der Waals surface area contributed by atoms with Crippen molar-refractivity contribution >= 4 is 16.7 Å². The lowest BCUT2D eigenvalue weighted by Crippen LogP contribution is -2.38. The molecule has 2 N–H and O–H groups in total. The van der Waals surface area contributed by atoms with E-state index in [1.165, 1.54) is 61.6 Å². The predicted octanol–water partition coefficient (Wildman–Crippen LogP) is 5.99. The molecular weight excluding hydrogens is 330 g/mol. The van der Waals surface area contributed by atoms with Crippen molar-refractivity contribution < 1.29 is 0 Å². The number of hydrogen-bond donors (Lipinski definition) is 1. The molecule has 0 aliphatic rings. The van der Waals surface area contributed by atoms with Crippen LogP contribution in [0, 0.1) is 0 Å². The average Bonchev–Trinajstić information content (AvgIpc) is 2.61. The van der Waals surface area contributed by atoms with Crippen LogP contribution in [0.5, 0.6) is 0 Å². The monoisotopic (exact) mass is 369 g/mol. The van der Waals surface area contributed by atoms with Gasteiger partial charge in [-0.3, -0.25) is 0 Å². The van der Waals surface area contributed by atoms with Gasteiger partial charge in [0.1, 0.15) is 5.82 Å². The van der Waals surface area contributed by atoms with E-state index in [4.69, 9.17) is 5.73 Å². The van der Waals surface area contributed by atoms with E-state index in [0.29, 0.717) is 5.82 Å². The van der Waals surface area contributed by atoms with Gasteiger partial charge in [0.05, 0.1) is 5.52 Å². The van der Waals surface area contributed by atoms with Crippen LogP contribution in [0.15, 0.2) is 24.3 Å². The first kappa shape index (κ1) is 21.7. The summed E-state index contributed by atoms with van der Waals surface area (Å²) in [7, 11) is 2.22. The van der Waals surface area contributed by atoms with Gasteiger partial charge in [-0.15, -0.1) is 0 Å². The highest BCUT2D eigenvalue weighted by Gasteiger charge is 2.15. The van der Waals surface area contributed by atoms with Gasteiger partial charge in [-0.2, -0.15) is 0 Å². The SMILES string of the molecule is CCCCCc1cc2ccc(CCCCCN(C)C(C)(C)C)cc2nc1N. The molecule has 0 unspecified atom stereocenters. The highest BCUT2D eigenvalue weighted by Crippen LogP contribution is 2.22. The normalized spacial score (nSPS) is 12.2. The van der Waals surface area contributed by atoms with E-state index in [1.807, 2.05) is 0 Å². The Hall–Kier alpha value is -1.61. The van der Waals surface area contributed by atoms with E-state index < -0.39 is 0 Å². The van der Waals surface area contributed by atoms with Crippen molar-refractivity contribution in [2.24, 2.45) is 0 Å². The number of benzene rings is 1. The van der Waals surface area contributed by atoms with Gasteiger partial charge in [0.25, 0.3) is 0 Å². The molecule has 0 amide bonds. The molecule has 0 bridgehead atoms. The quantitative estimate of drug-likeness (QED) is 0.523. The molecule has 0 spiro atoms. The number of fused-ring (bicyclic) bond motifs is 1. The first-order valence-electron chi connectivity index (χ1n) is 10.7. The number of nitrogens with two attached hydrogens (primary N) is 1. The number of nitrogens with zero attached hydrogens (tertiary/aromatic N) is 2. The molecule has 0 aliphatic heterocycles. The molecule has 0 radical (unpaired) electrons. The molecule has 2 aromatic rings. The molecule has 0 saturated heterocycles. The van der Waals surface area contributed by atoms with Crippen molar-refractivity contribution in [2.75, 3.05) is 19.3 Å². The maximum absolute atomic E-state index is 6.21. The number of aromatic nitrogens is 1. The standard InChI is InChI=1S/C24H39N3/c1-6-7-9-13-21-18-20-15-14-19(17-22(20)26-23(21)25)12-10-8-11-16-27(5)24(2,3)4/h14-15,17-18H,6-13,16H2,1-5H3,(H2,25,26). The molecule has 1 aromatic heterocycles. The fraction of sp³-hybridized carbons (Fsp3) is 0.625. The van der Waals surface area contributed by atoms with Gasteiger partial charge in [0.15, 0.2) is 0 Å².